The summed E-state index contributed by atoms with van der Waals surface area (Å²) in [7, 11) is 1.26. The lowest BCUT2D eigenvalue weighted by Gasteiger charge is -2.17. The molecule has 0 aliphatic rings. The Labute approximate surface area is 130 Å². The lowest BCUT2D eigenvalue weighted by molar-refractivity contribution is -0.139. The fourth-order valence-electron chi connectivity index (χ4n) is 1.60. The molecule has 0 heterocycles. The van der Waals surface area contributed by atoms with Crippen LogP contribution in [-0.2, 0) is 20.9 Å². The van der Waals surface area contributed by atoms with Gasteiger partial charge in [-0.15, -0.1) is 0 Å². The Morgan fingerprint density at radius 1 is 1.14 bits per heavy atom. The topological polar surface area (TPSA) is 84.5 Å². The SMILES string of the molecule is COC(=O)CNC(=O)c1cccc(CNC(=O)C(C)(C)C)c1. The van der Waals surface area contributed by atoms with Gasteiger partial charge in [0.05, 0.1) is 7.11 Å². The monoisotopic (exact) mass is 306 g/mol. The first-order valence-corrected chi connectivity index (χ1v) is 6.96. The number of benzene rings is 1. The molecule has 0 atom stereocenters. The van der Waals surface area contributed by atoms with Crippen LogP contribution in [0.1, 0.15) is 36.7 Å². The van der Waals surface area contributed by atoms with E-state index in [2.05, 4.69) is 15.4 Å². The van der Waals surface area contributed by atoms with E-state index in [0.717, 1.165) is 5.56 Å². The van der Waals surface area contributed by atoms with Crippen LogP contribution in [0.15, 0.2) is 24.3 Å². The summed E-state index contributed by atoms with van der Waals surface area (Å²) in [6.07, 6.45) is 0. The standard InChI is InChI=1S/C16H22N2O4/c1-16(2,3)15(21)18-9-11-6-5-7-12(8-11)14(20)17-10-13(19)22-4/h5-8H,9-10H2,1-4H3,(H,17,20)(H,18,21). The van der Waals surface area contributed by atoms with Gasteiger partial charge in [0.1, 0.15) is 6.54 Å². The first-order chi connectivity index (χ1) is 10.2. The molecule has 0 radical (unpaired) electrons. The van der Waals surface area contributed by atoms with Crippen molar-refractivity contribution in [3.63, 3.8) is 0 Å². The molecule has 6 nitrogen and oxygen atoms in total. The molecule has 0 aliphatic carbocycles. The maximum absolute atomic E-state index is 11.9. The molecule has 0 aromatic heterocycles. The summed E-state index contributed by atoms with van der Waals surface area (Å²) in [5, 5.41) is 5.28. The quantitative estimate of drug-likeness (QED) is 0.802. The summed E-state index contributed by atoms with van der Waals surface area (Å²) in [4.78, 5) is 34.7. The summed E-state index contributed by atoms with van der Waals surface area (Å²) in [6.45, 7) is 5.66. The highest BCUT2D eigenvalue weighted by molar-refractivity contribution is 5.96. The molecule has 0 bridgehead atoms. The third kappa shape index (κ3) is 5.55. The third-order valence-electron chi connectivity index (χ3n) is 2.94. The van der Waals surface area contributed by atoms with Crippen LogP contribution in [-0.4, -0.2) is 31.4 Å². The molecule has 0 spiro atoms. The van der Waals surface area contributed by atoms with Crippen LogP contribution in [0.4, 0.5) is 0 Å². The Kier molecular flexibility index (Phi) is 6.10. The van der Waals surface area contributed by atoms with Gasteiger partial charge >= 0.3 is 5.97 Å². The van der Waals surface area contributed by atoms with Crippen molar-refractivity contribution in [1.29, 1.82) is 0 Å². The molecular weight excluding hydrogens is 284 g/mol. The van der Waals surface area contributed by atoms with Crippen LogP contribution in [0.25, 0.3) is 0 Å². The van der Waals surface area contributed by atoms with E-state index >= 15 is 0 Å². The van der Waals surface area contributed by atoms with E-state index < -0.39 is 11.4 Å². The van der Waals surface area contributed by atoms with Gasteiger partial charge in [-0.3, -0.25) is 14.4 Å². The fourth-order valence-corrected chi connectivity index (χ4v) is 1.60. The molecule has 120 valence electrons. The normalized spacial score (nSPS) is 10.7. The molecule has 6 heteroatoms. The first-order valence-electron chi connectivity index (χ1n) is 6.96. The predicted octanol–water partition coefficient (Wildman–Crippen LogP) is 1.25. The van der Waals surface area contributed by atoms with E-state index in [4.69, 9.17) is 0 Å². The van der Waals surface area contributed by atoms with Gasteiger partial charge in [-0.25, -0.2) is 0 Å². The fraction of sp³-hybridized carbons (Fsp3) is 0.438. The van der Waals surface area contributed by atoms with Gasteiger partial charge in [-0.05, 0) is 17.7 Å². The average molecular weight is 306 g/mol. The Morgan fingerprint density at radius 3 is 2.41 bits per heavy atom. The van der Waals surface area contributed by atoms with Gasteiger partial charge in [-0.1, -0.05) is 32.9 Å². The Bertz CT molecular complexity index is 562. The Balaban J connectivity index is 2.64. The molecule has 2 amide bonds. The molecular formula is C16H22N2O4. The van der Waals surface area contributed by atoms with Crippen LogP contribution >= 0.6 is 0 Å². The second-order valence-electron chi connectivity index (χ2n) is 5.89. The molecule has 0 fully saturated rings. The zero-order valence-electron chi connectivity index (χ0n) is 13.4. The summed E-state index contributed by atoms with van der Waals surface area (Å²) in [5.41, 5.74) is 0.768. The summed E-state index contributed by atoms with van der Waals surface area (Å²) in [5.74, 6) is -0.940. The van der Waals surface area contributed by atoms with Crippen LogP contribution < -0.4 is 10.6 Å². The van der Waals surface area contributed by atoms with Gasteiger partial charge in [-0.2, -0.15) is 0 Å². The van der Waals surface area contributed by atoms with Crippen molar-refractivity contribution in [3.8, 4) is 0 Å². The van der Waals surface area contributed by atoms with E-state index in [0.29, 0.717) is 12.1 Å². The largest absolute Gasteiger partial charge is 0.468 e. The van der Waals surface area contributed by atoms with Gasteiger partial charge < -0.3 is 15.4 Å². The molecule has 22 heavy (non-hydrogen) atoms. The van der Waals surface area contributed by atoms with Gasteiger partial charge in [0.2, 0.25) is 5.91 Å². The van der Waals surface area contributed by atoms with E-state index in [1.807, 2.05) is 26.8 Å². The highest BCUT2D eigenvalue weighted by Crippen LogP contribution is 2.13. The van der Waals surface area contributed by atoms with Crippen molar-refractivity contribution in [3.05, 3.63) is 35.4 Å². The van der Waals surface area contributed by atoms with Crippen molar-refractivity contribution >= 4 is 17.8 Å². The van der Waals surface area contributed by atoms with E-state index in [1.165, 1.54) is 7.11 Å². The summed E-state index contributed by atoms with van der Waals surface area (Å²) < 4.78 is 4.46. The molecule has 1 aromatic rings. The number of hydrogen-bond acceptors (Lipinski definition) is 4. The molecule has 1 rings (SSSR count). The molecule has 0 saturated carbocycles. The van der Waals surface area contributed by atoms with Crippen molar-refractivity contribution in [2.24, 2.45) is 5.41 Å². The number of carbonyl (C=O) groups excluding carboxylic acids is 3. The molecule has 2 N–H and O–H groups in total. The number of hydrogen-bond donors (Lipinski definition) is 2. The smallest absolute Gasteiger partial charge is 0.325 e. The van der Waals surface area contributed by atoms with Crippen LogP contribution in [0.3, 0.4) is 0 Å². The van der Waals surface area contributed by atoms with Crippen LogP contribution in [0.2, 0.25) is 0 Å². The number of nitrogens with one attached hydrogen (secondary N) is 2. The Hall–Kier alpha value is -2.37. The van der Waals surface area contributed by atoms with E-state index in [1.54, 1.807) is 18.2 Å². The second-order valence-corrected chi connectivity index (χ2v) is 5.89. The van der Waals surface area contributed by atoms with E-state index in [9.17, 15) is 14.4 Å². The van der Waals surface area contributed by atoms with Crippen LogP contribution in [0.5, 0.6) is 0 Å². The first kappa shape index (κ1) is 17.7. The minimum absolute atomic E-state index is 0.0620. The highest BCUT2D eigenvalue weighted by atomic mass is 16.5. The number of rotatable bonds is 5. The third-order valence-corrected chi connectivity index (χ3v) is 2.94. The van der Waals surface area contributed by atoms with Crippen LogP contribution in [0, 0.1) is 5.41 Å². The van der Waals surface area contributed by atoms with Gasteiger partial charge in [0.25, 0.3) is 5.91 Å². The molecule has 0 aliphatic heterocycles. The number of ether oxygens (including phenoxy) is 1. The molecule has 0 saturated heterocycles. The van der Waals surface area contributed by atoms with Gasteiger partial charge in [0.15, 0.2) is 0 Å². The summed E-state index contributed by atoms with van der Waals surface area (Å²) in [6, 6.07) is 6.86. The minimum Gasteiger partial charge on any atom is -0.468 e. The maximum atomic E-state index is 11.9. The molecule has 0 unspecified atom stereocenters. The molecule has 1 aromatic carbocycles. The lowest BCUT2D eigenvalue weighted by Crippen LogP contribution is -2.34. The van der Waals surface area contributed by atoms with Crippen molar-refractivity contribution < 1.29 is 19.1 Å². The van der Waals surface area contributed by atoms with Crippen molar-refractivity contribution in [1.82, 2.24) is 10.6 Å². The lowest BCUT2D eigenvalue weighted by atomic mass is 9.95. The number of methoxy groups -OCH3 is 1. The second kappa shape index (κ2) is 7.59. The summed E-state index contributed by atoms with van der Waals surface area (Å²) >= 11 is 0. The highest BCUT2D eigenvalue weighted by Gasteiger charge is 2.20. The van der Waals surface area contributed by atoms with E-state index in [-0.39, 0.29) is 18.4 Å². The zero-order valence-corrected chi connectivity index (χ0v) is 13.4. The number of amides is 2. The predicted molar refractivity (Wildman–Crippen MR) is 82.1 cm³/mol. The maximum Gasteiger partial charge on any atom is 0.325 e. The number of esters is 1. The van der Waals surface area contributed by atoms with Crippen molar-refractivity contribution in [2.75, 3.05) is 13.7 Å². The average Bonchev–Trinajstić information content (AvgIpc) is 2.49. The van der Waals surface area contributed by atoms with Crippen molar-refractivity contribution in [2.45, 2.75) is 27.3 Å². The minimum atomic E-state index is -0.512. The number of carbonyl (C=O) groups is 3. The zero-order chi connectivity index (χ0) is 16.8. The van der Waals surface area contributed by atoms with Gasteiger partial charge in [0, 0.05) is 17.5 Å². The Morgan fingerprint density at radius 2 is 1.82 bits per heavy atom.